The molecule has 0 heterocycles. The third-order valence-corrected chi connectivity index (χ3v) is 2.81. The molecule has 1 atom stereocenters. The topological polar surface area (TPSA) is 64.3 Å². The molecule has 0 spiro atoms. The summed E-state index contributed by atoms with van der Waals surface area (Å²) in [5, 5.41) is 2.87. The molecule has 0 aliphatic carbocycles. The molecule has 0 aliphatic heterocycles. The van der Waals surface area contributed by atoms with Crippen LogP contribution >= 0.6 is 0 Å². The minimum atomic E-state index is 0.000878. The van der Waals surface area contributed by atoms with E-state index in [4.69, 9.17) is 10.5 Å². The van der Waals surface area contributed by atoms with Gasteiger partial charge in [0.25, 0.3) is 0 Å². The van der Waals surface area contributed by atoms with Crippen LogP contribution in [0.1, 0.15) is 26.7 Å². The molecule has 1 aromatic rings. The van der Waals surface area contributed by atoms with Crippen molar-refractivity contribution in [2.24, 2.45) is 11.7 Å². The van der Waals surface area contributed by atoms with Crippen LogP contribution in [-0.2, 0) is 4.79 Å². The molecule has 0 bridgehead atoms. The lowest BCUT2D eigenvalue weighted by atomic mass is 10.0. The maximum atomic E-state index is 11.8. The molecule has 100 valence electrons. The molecule has 1 rings (SSSR count). The molecule has 3 N–H and O–H groups in total. The molecule has 0 radical (unpaired) electrons. The first-order chi connectivity index (χ1) is 8.69. The van der Waals surface area contributed by atoms with Crippen LogP contribution < -0.4 is 15.8 Å². The second kappa shape index (κ2) is 7.71. The lowest BCUT2D eigenvalue weighted by Crippen LogP contribution is -2.21. The Balaban J connectivity index is 2.55. The number of hydrogen-bond acceptors (Lipinski definition) is 3. The summed E-state index contributed by atoms with van der Waals surface area (Å²) in [5.74, 6) is 1.02. The van der Waals surface area contributed by atoms with Gasteiger partial charge in [-0.2, -0.15) is 0 Å². The van der Waals surface area contributed by atoms with E-state index in [1.807, 2.05) is 38.1 Å². The van der Waals surface area contributed by atoms with Crippen molar-refractivity contribution in [2.45, 2.75) is 26.7 Å². The van der Waals surface area contributed by atoms with Crippen molar-refractivity contribution in [2.75, 3.05) is 18.5 Å². The lowest BCUT2D eigenvalue weighted by molar-refractivity contribution is -0.117. The van der Waals surface area contributed by atoms with Gasteiger partial charge in [0.1, 0.15) is 5.75 Å². The third-order valence-electron chi connectivity index (χ3n) is 2.81. The highest BCUT2D eigenvalue weighted by Gasteiger charge is 2.10. The number of carbonyl (C=O) groups is 1. The maximum absolute atomic E-state index is 11.8. The quantitative estimate of drug-likeness (QED) is 0.781. The van der Waals surface area contributed by atoms with Crippen molar-refractivity contribution >= 4 is 11.6 Å². The van der Waals surface area contributed by atoms with Crippen molar-refractivity contribution < 1.29 is 9.53 Å². The van der Waals surface area contributed by atoms with Gasteiger partial charge < -0.3 is 15.8 Å². The summed E-state index contributed by atoms with van der Waals surface area (Å²) >= 11 is 0. The average Bonchev–Trinajstić information content (AvgIpc) is 2.36. The molecule has 0 aliphatic rings. The fourth-order valence-corrected chi connectivity index (χ4v) is 1.70. The molecule has 0 fully saturated rings. The Bertz CT molecular complexity index is 376. The molecule has 0 saturated carbocycles. The van der Waals surface area contributed by atoms with Gasteiger partial charge in [0.15, 0.2) is 0 Å². The van der Waals surface area contributed by atoms with Crippen LogP contribution in [0.2, 0.25) is 0 Å². The second-order valence-corrected chi connectivity index (χ2v) is 4.22. The predicted octanol–water partition coefficient (Wildman–Crippen LogP) is 2.40. The molecular formula is C14H22N2O2. The molecule has 4 heteroatoms. The van der Waals surface area contributed by atoms with Gasteiger partial charge in [-0.25, -0.2) is 0 Å². The summed E-state index contributed by atoms with van der Waals surface area (Å²) in [6.07, 6.45) is 1.38. The van der Waals surface area contributed by atoms with E-state index in [1.165, 1.54) is 0 Å². The van der Waals surface area contributed by atoms with Crippen LogP contribution in [0, 0.1) is 5.92 Å². The predicted molar refractivity (Wildman–Crippen MR) is 73.7 cm³/mol. The van der Waals surface area contributed by atoms with Crippen LogP contribution in [0.4, 0.5) is 5.69 Å². The van der Waals surface area contributed by atoms with E-state index in [9.17, 15) is 4.79 Å². The van der Waals surface area contributed by atoms with Crippen LogP contribution in [0.15, 0.2) is 24.3 Å². The number of hydrogen-bond donors (Lipinski definition) is 2. The maximum Gasteiger partial charge on any atom is 0.224 e. The van der Waals surface area contributed by atoms with E-state index in [1.54, 1.807) is 0 Å². The number of ether oxygens (including phenoxy) is 1. The number of nitrogens with two attached hydrogens (primary N) is 1. The first kappa shape index (κ1) is 14.5. The van der Waals surface area contributed by atoms with Gasteiger partial charge in [0.2, 0.25) is 5.91 Å². The number of benzene rings is 1. The van der Waals surface area contributed by atoms with E-state index in [-0.39, 0.29) is 11.8 Å². The van der Waals surface area contributed by atoms with E-state index in [0.29, 0.717) is 19.6 Å². The van der Waals surface area contributed by atoms with Crippen LogP contribution in [-0.4, -0.2) is 19.1 Å². The zero-order valence-electron chi connectivity index (χ0n) is 11.1. The lowest BCUT2D eigenvalue weighted by Gasteiger charge is -2.12. The SMILES string of the molecule is CCOc1cccc(NC(=O)CC(CC)CN)c1. The van der Waals surface area contributed by atoms with Gasteiger partial charge >= 0.3 is 0 Å². The molecule has 0 aromatic heterocycles. The van der Waals surface area contributed by atoms with Crippen molar-refractivity contribution in [1.29, 1.82) is 0 Å². The Kier molecular flexibility index (Phi) is 6.22. The summed E-state index contributed by atoms with van der Waals surface area (Å²) in [7, 11) is 0. The average molecular weight is 250 g/mol. The normalized spacial score (nSPS) is 11.9. The summed E-state index contributed by atoms with van der Waals surface area (Å²) in [6.45, 7) is 5.13. The zero-order chi connectivity index (χ0) is 13.4. The first-order valence-electron chi connectivity index (χ1n) is 6.42. The Labute approximate surface area is 109 Å². The highest BCUT2D eigenvalue weighted by Crippen LogP contribution is 2.18. The van der Waals surface area contributed by atoms with Crippen molar-refractivity contribution in [1.82, 2.24) is 0 Å². The van der Waals surface area contributed by atoms with Gasteiger partial charge in [0.05, 0.1) is 6.61 Å². The van der Waals surface area contributed by atoms with Crippen molar-refractivity contribution in [3.63, 3.8) is 0 Å². The van der Waals surface area contributed by atoms with Crippen LogP contribution in [0.3, 0.4) is 0 Å². The molecule has 0 saturated heterocycles. The molecule has 4 nitrogen and oxygen atoms in total. The van der Waals surface area contributed by atoms with Crippen LogP contribution in [0.5, 0.6) is 5.75 Å². The minimum Gasteiger partial charge on any atom is -0.494 e. The Morgan fingerprint density at radius 2 is 2.22 bits per heavy atom. The van der Waals surface area contributed by atoms with E-state index in [2.05, 4.69) is 5.32 Å². The Hall–Kier alpha value is -1.55. The smallest absolute Gasteiger partial charge is 0.224 e. The standard InChI is InChI=1S/C14H22N2O2/c1-3-11(10-15)8-14(17)16-12-6-5-7-13(9-12)18-4-2/h5-7,9,11H,3-4,8,10,15H2,1-2H3,(H,16,17). The summed E-state index contributed by atoms with van der Waals surface area (Å²) in [5.41, 5.74) is 6.35. The summed E-state index contributed by atoms with van der Waals surface area (Å²) in [6, 6.07) is 7.41. The number of anilines is 1. The highest BCUT2D eigenvalue weighted by atomic mass is 16.5. The number of amides is 1. The fourth-order valence-electron chi connectivity index (χ4n) is 1.70. The van der Waals surface area contributed by atoms with Gasteiger partial charge in [-0.3, -0.25) is 4.79 Å². The summed E-state index contributed by atoms with van der Waals surface area (Å²) in [4.78, 5) is 11.8. The Morgan fingerprint density at radius 1 is 1.44 bits per heavy atom. The largest absolute Gasteiger partial charge is 0.494 e. The Morgan fingerprint density at radius 3 is 2.83 bits per heavy atom. The summed E-state index contributed by atoms with van der Waals surface area (Å²) < 4.78 is 5.38. The second-order valence-electron chi connectivity index (χ2n) is 4.22. The number of rotatable bonds is 7. The van der Waals surface area contributed by atoms with Gasteiger partial charge in [-0.05, 0) is 31.5 Å². The fraction of sp³-hybridized carbons (Fsp3) is 0.500. The van der Waals surface area contributed by atoms with Crippen molar-refractivity contribution in [3.8, 4) is 5.75 Å². The van der Waals surface area contributed by atoms with Gasteiger partial charge in [-0.15, -0.1) is 0 Å². The molecule has 18 heavy (non-hydrogen) atoms. The molecular weight excluding hydrogens is 228 g/mol. The zero-order valence-corrected chi connectivity index (χ0v) is 11.1. The molecule has 1 unspecified atom stereocenters. The highest BCUT2D eigenvalue weighted by molar-refractivity contribution is 5.91. The third kappa shape index (κ3) is 4.75. The number of carbonyl (C=O) groups excluding carboxylic acids is 1. The van der Waals surface area contributed by atoms with Gasteiger partial charge in [-0.1, -0.05) is 19.4 Å². The van der Waals surface area contributed by atoms with Crippen LogP contribution in [0.25, 0.3) is 0 Å². The van der Waals surface area contributed by atoms with Gasteiger partial charge in [0, 0.05) is 18.2 Å². The molecule has 1 amide bonds. The van der Waals surface area contributed by atoms with Crippen molar-refractivity contribution in [3.05, 3.63) is 24.3 Å². The van der Waals surface area contributed by atoms with E-state index >= 15 is 0 Å². The van der Waals surface area contributed by atoms with E-state index in [0.717, 1.165) is 17.9 Å². The minimum absolute atomic E-state index is 0.000878. The number of nitrogens with one attached hydrogen (secondary N) is 1. The monoisotopic (exact) mass is 250 g/mol. The molecule has 1 aromatic carbocycles. The first-order valence-corrected chi connectivity index (χ1v) is 6.42. The van der Waals surface area contributed by atoms with E-state index < -0.39 is 0 Å².